The molecule has 0 unspecified atom stereocenters. The van der Waals surface area contributed by atoms with Crippen molar-refractivity contribution in [2.75, 3.05) is 27.4 Å². The quantitative estimate of drug-likeness (QED) is 0.404. The van der Waals surface area contributed by atoms with E-state index in [4.69, 9.17) is 14.3 Å². The van der Waals surface area contributed by atoms with Crippen molar-refractivity contribution in [3.8, 4) is 0 Å². The maximum absolute atomic E-state index is 12.1. The molecule has 1 amide bonds. The van der Waals surface area contributed by atoms with Crippen molar-refractivity contribution in [3.63, 3.8) is 0 Å². The molecule has 1 N–H and O–H groups in total. The Morgan fingerprint density at radius 2 is 1.62 bits per heavy atom. The Kier molecular flexibility index (Phi) is 7.16. The van der Waals surface area contributed by atoms with Crippen molar-refractivity contribution in [3.05, 3.63) is 0 Å². The number of rotatable bonds is 7. The maximum atomic E-state index is 12.1. The van der Waals surface area contributed by atoms with Crippen molar-refractivity contribution in [1.82, 2.24) is 5.06 Å². The molecule has 0 spiro atoms. The van der Waals surface area contributed by atoms with E-state index in [0.29, 0.717) is 6.41 Å². The standard InChI is InChI=1S/C16H27NO7/c1-16(2,3)24-17(9-19)7-12-10(14(20)22-4)6-11(13(12)8-18)15(21)23-5/h9-13,18H,6-8H2,1-5H3/t10-,11+,12+,13-/m0/s1. The van der Waals surface area contributed by atoms with Crippen LogP contribution in [0.5, 0.6) is 0 Å². The van der Waals surface area contributed by atoms with Crippen LogP contribution >= 0.6 is 0 Å². The third kappa shape index (κ3) is 4.91. The second-order valence-corrected chi connectivity index (χ2v) is 6.91. The highest BCUT2D eigenvalue weighted by Crippen LogP contribution is 2.43. The van der Waals surface area contributed by atoms with Gasteiger partial charge in [-0.25, -0.2) is 5.06 Å². The van der Waals surface area contributed by atoms with Crippen LogP contribution in [0.15, 0.2) is 0 Å². The molecule has 138 valence electrons. The highest BCUT2D eigenvalue weighted by atomic mass is 16.7. The smallest absolute Gasteiger partial charge is 0.309 e. The van der Waals surface area contributed by atoms with Crippen LogP contribution in [-0.2, 0) is 28.7 Å². The molecular formula is C16H27NO7. The minimum absolute atomic E-state index is 0.0687. The molecule has 0 radical (unpaired) electrons. The lowest BCUT2D eigenvalue weighted by atomic mass is 9.87. The third-order valence-electron chi connectivity index (χ3n) is 4.21. The minimum Gasteiger partial charge on any atom is -0.469 e. The average Bonchev–Trinajstić information content (AvgIpc) is 2.89. The summed E-state index contributed by atoms with van der Waals surface area (Å²) in [6, 6.07) is 0. The fourth-order valence-electron chi connectivity index (χ4n) is 3.25. The Labute approximate surface area is 142 Å². The number of esters is 2. The maximum Gasteiger partial charge on any atom is 0.309 e. The first-order chi connectivity index (χ1) is 11.2. The molecule has 0 aliphatic heterocycles. The number of nitrogens with zero attached hydrogens (tertiary/aromatic N) is 1. The van der Waals surface area contributed by atoms with Crippen molar-refractivity contribution in [2.24, 2.45) is 23.7 Å². The average molecular weight is 345 g/mol. The molecule has 0 aromatic rings. The van der Waals surface area contributed by atoms with Gasteiger partial charge in [0.05, 0.1) is 38.2 Å². The van der Waals surface area contributed by atoms with Crippen molar-refractivity contribution >= 4 is 18.3 Å². The Morgan fingerprint density at radius 1 is 1.12 bits per heavy atom. The van der Waals surface area contributed by atoms with Gasteiger partial charge < -0.3 is 14.6 Å². The van der Waals surface area contributed by atoms with E-state index in [0.717, 1.165) is 5.06 Å². The van der Waals surface area contributed by atoms with Gasteiger partial charge in [-0.15, -0.1) is 0 Å². The Hall–Kier alpha value is -1.67. The summed E-state index contributed by atoms with van der Waals surface area (Å²) >= 11 is 0. The van der Waals surface area contributed by atoms with E-state index >= 15 is 0 Å². The van der Waals surface area contributed by atoms with E-state index in [2.05, 4.69) is 0 Å². The molecule has 0 saturated heterocycles. The fourth-order valence-corrected chi connectivity index (χ4v) is 3.25. The van der Waals surface area contributed by atoms with Gasteiger partial charge in [0, 0.05) is 12.5 Å². The molecule has 4 atom stereocenters. The van der Waals surface area contributed by atoms with E-state index in [9.17, 15) is 19.5 Å². The van der Waals surface area contributed by atoms with Crippen LogP contribution in [0.25, 0.3) is 0 Å². The van der Waals surface area contributed by atoms with Crippen LogP contribution in [0.2, 0.25) is 0 Å². The summed E-state index contributed by atoms with van der Waals surface area (Å²) in [6.45, 7) is 5.13. The number of methoxy groups -OCH3 is 2. The fraction of sp³-hybridized carbons (Fsp3) is 0.812. The number of aliphatic hydroxyl groups is 1. The molecular weight excluding hydrogens is 318 g/mol. The number of hydrogen-bond donors (Lipinski definition) is 1. The van der Waals surface area contributed by atoms with E-state index in [1.807, 2.05) is 0 Å². The molecule has 1 aliphatic carbocycles. The molecule has 0 aromatic carbocycles. The molecule has 0 heterocycles. The summed E-state index contributed by atoms with van der Waals surface area (Å²) in [4.78, 5) is 40.9. The summed E-state index contributed by atoms with van der Waals surface area (Å²) < 4.78 is 9.59. The second-order valence-electron chi connectivity index (χ2n) is 6.91. The summed E-state index contributed by atoms with van der Waals surface area (Å²) in [5.74, 6) is -3.21. The monoisotopic (exact) mass is 345 g/mol. The number of aliphatic hydroxyl groups excluding tert-OH is 1. The highest BCUT2D eigenvalue weighted by molar-refractivity contribution is 5.78. The van der Waals surface area contributed by atoms with Crippen molar-refractivity contribution in [2.45, 2.75) is 32.8 Å². The van der Waals surface area contributed by atoms with E-state index in [1.165, 1.54) is 14.2 Å². The van der Waals surface area contributed by atoms with Crippen LogP contribution in [0.1, 0.15) is 27.2 Å². The van der Waals surface area contributed by atoms with Gasteiger partial charge in [0.1, 0.15) is 0 Å². The summed E-state index contributed by atoms with van der Waals surface area (Å²) in [5.41, 5.74) is -0.600. The normalized spacial score (nSPS) is 26.8. The summed E-state index contributed by atoms with van der Waals surface area (Å²) in [6.07, 6.45) is 0.733. The Morgan fingerprint density at radius 3 is 2.00 bits per heavy atom. The molecule has 1 fully saturated rings. The molecule has 8 heteroatoms. The van der Waals surface area contributed by atoms with Crippen LogP contribution in [-0.4, -0.2) is 61.5 Å². The first-order valence-corrected chi connectivity index (χ1v) is 7.86. The van der Waals surface area contributed by atoms with Gasteiger partial charge in [-0.1, -0.05) is 0 Å². The summed E-state index contributed by atoms with van der Waals surface area (Å²) in [5, 5.41) is 10.8. The van der Waals surface area contributed by atoms with Crippen LogP contribution in [0, 0.1) is 23.7 Å². The van der Waals surface area contributed by atoms with Gasteiger partial charge in [0.25, 0.3) is 0 Å². The van der Waals surface area contributed by atoms with Gasteiger partial charge in [-0.3, -0.25) is 19.2 Å². The SMILES string of the molecule is COC(=O)[C@H]1C[C@@H](C(=O)OC)[C@H](CO)[C@@H]1CN(C=O)OC(C)(C)C. The minimum atomic E-state index is -0.628. The highest BCUT2D eigenvalue weighted by Gasteiger charge is 2.50. The zero-order valence-electron chi connectivity index (χ0n) is 14.9. The topological polar surface area (TPSA) is 102 Å². The van der Waals surface area contributed by atoms with E-state index in [1.54, 1.807) is 20.8 Å². The lowest BCUT2D eigenvalue weighted by Gasteiger charge is -2.32. The number of ether oxygens (including phenoxy) is 2. The van der Waals surface area contributed by atoms with Crippen molar-refractivity contribution < 1.29 is 33.8 Å². The van der Waals surface area contributed by atoms with Crippen LogP contribution in [0.4, 0.5) is 0 Å². The lowest BCUT2D eigenvalue weighted by molar-refractivity contribution is -0.223. The zero-order chi connectivity index (χ0) is 18.5. The van der Waals surface area contributed by atoms with Crippen LogP contribution in [0.3, 0.4) is 0 Å². The number of amides is 1. The van der Waals surface area contributed by atoms with Gasteiger partial charge in [-0.2, -0.15) is 0 Å². The molecule has 1 saturated carbocycles. The lowest BCUT2D eigenvalue weighted by Crippen LogP contribution is -2.41. The van der Waals surface area contributed by atoms with E-state index < -0.39 is 41.2 Å². The predicted molar refractivity (Wildman–Crippen MR) is 83.3 cm³/mol. The van der Waals surface area contributed by atoms with Gasteiger partial charge in [0.2, 0.25) is 6.41 Å². The number of hydrogen-bond acceptors (Lipinski definition) is 7. The number of carbonyl (C=O) groups is 3. The third-order valence-corrected chi connectivity index (χ3v) is 4.21. The molecule has 1 aliphatic rings. The van der Waals surface area contributed by atoms with Gasteiger partial charge in [-0.05, 0) is 33.1 Å². The molecule has 24 heavy (non-hydrogen) atoms. The molecule has 0 bridgehead atoms. The predicted octanol–water partition coefficient (Wildman–Crippen LogP) is 0.382. The molecule has 1 rings (SSSR count). The van der Waals surface area contributed by atoms with Crippen LogP contribution < -0.4 is 0 Å². The molecule has 8 nitrogen and oxygen atoms in total. The number of carbonyl (C=O) groups excluding carboxylic acids is 3. The first kappa shape index (κ1) is 20.4. The van der Waals surface area contributed by atoms with Gasteiger partial charge >= 0.3 is 11.9 Å². The van der Waals surface area contributed by atoms with Crippen molar-refractivity contribution in [1.29, 1.82) is 0 Å². The van der Waals surface area contributed by atoms with E-state index in [-0.39, 0.29) is 19.6 Å². The largest absolute Gasteiger partial charge is 0.469 e. The second kappa shape index (κ2) is 8.43. The summed E-state index contributed by atoms with van der Waals surface area (Å²) in [7, 11) is 2.53. The number of hydroxylamine groups is 2. The zero-order valence-corrected chi connectivity index (χ0v) is 14.9. The molecule has 0 aromatic heterocycles. The Bertz CT molecular complexity index is 460. The Balaban J connectivity index is 3.04. The first-order valence-electron chi connectivity index (χ1n) is 7.86. The van der Waals surface area contributed by atoms with Gasteiger partial charge in [0.15, 0.2) is 0 Å².